The number of hydrogen-bond acceptors (Lipinski definition) is 4. The molecular weight excluding hydrogens is 228 g/mol. The lowest BCUT2D eigenvalue weighted by Crippen LogP contribution is -2.42. The number of nitrogens with zero attached hydrogens (tertiary/aromatic N) is 1. The Morgan fingerprint density at radius 1 is 1.33 bits per heavy atom. The molecule has 0 fully saturated rings. The van der Waals surface area contributed by atoms with E-state index in [0.29, 0.717) is 13.3 Å². The zero-order valence-electron chi connectivity index (χ0n) is 11.1. The van der Waals surface area contributed by atoms with E-state index >= 15 is 0 Å². The molecule has 0 heterocycles. The summed E-state index contributed by atoms with van der Waals surface area (Å²) in [4.78, 5) is 18.3. The summed E-state index contributed by atoms with van der Waals surface area (Å²) in [7, 11) is 0. The van der Waals surface area contributed by atoms with Crippen molar-refractivity contribution in [1.29, 1.82) is 0 Å². The fourth-order valence-electron chi connectivity index (χ4n) is 1.74. The van der Waals surface area contributed by atoms with E-state index < -0.39 is 0 Å². The van der Waals surface area contributed by atoms with Crippen LogP contribution in [-0.4, -0.2) is 30.4 Å². The van der Waals surface area contributed by atoms with E-state index in [-0.39, 0.29) is 6.04 Å². The maximum atomic E-state index is 10.9. The van der Waals surface area contributed by atoms with Crippen LogP contribution in [0.2, 0.25) is 0 Å². The zero-order chi connectivity index (χ0) is 13.2. The Morgan fingerprint density at radius 2 is 2.06 bits per heavy atom. The van der Waals surface area contributed by atoms with Crippen LogP contribution in [0.15, 0.2) is 30.3 Å². The molecule has 1 N–H and O–H groups in total. The Bertz CT molecular complexity index is 330. The molecule has 1 rings (SSSR count). The first-order valence-electron chi connectivity index (χ1n) is 6.39. The van der Waals surface area contributed by atoms with Gasteiger partial charge in [0.15, 0.2) is 0 Å². The highest BCUT2D eigenvalue weighted by Crippen LogP contribution is 2.01. The highest BCUT2D eigenvalue weighted by Gasteiger charge is 2.13. The van der Waals surface area contributed by atoms with Gasteiger partial charge in [-0.15, -0.1) is 0 Å². The van der Waals surface area contributed by atoms with E-state index in [4.69, 9.17) is 4.84 Å². The van der Waals surface area contributed by atoms with Crippen LogP contribution >= 0.6 is 0 Å². The summed E-state index contributed by atoms with van der Waals surface area (Å²) in [5.41, 5.74) is 4.02. The number of aldehydes is 1. The summed E-state index contributed by atoms with van der Waals surface area (Å²) in [6.07, 6.45) is 1.81. The third-order valence-electron chi connectivity index (χ3n) is 2.90. The third-order valence-corrected chi connectivity index (χ3v) is 2.90. The van der Waals surface area contributed by atoms with Crippen LogP contribution in [0.25, 0.3) is 0 Å². The standard InChI is InChI=1S/C14H22N2O2/c1-3-14(10-17)16(4-2)12-15-18-11-13-8-6-5-7-9-13/h5-10,14-15H,3-4,11-12H2,1-2H3. The molecule has 0 aliphatic rings. The molecule has 100 valence electrons. The molecular formula is C14H22N2O2. The molecule has 1 atom stereocenters. The third kappa shape index (κ3) is 4.96. The number of carbonyl (C=O) groups is 1. The highest BCUT2D eigenvalue weighted by atomic mass is 16.6. The van der Waals surface area contributed by atoms with Gasteiger partial charge in [-0.3, -0.25) is 9.74 Å². The van der Waals surface area contributed by atoms with E-state index in [9.17, 15) is 4.79 Å². The van der Waals surface area contributed by atoms with Crippen LogP contribution in [0.5, 0.6) is 0 Å². The lowest BCUT2D eigenvalue weighted by molar-refractivity contribution is -0.113. The van der Waals surface area contributed by atoms with Gasteiger partial charge in [0.05, 0.1) is 19.3 Å². The predicted octanol–water partition coefficient (Wildman–Crippen LogP) is 1.96. The molecule has 0 aliphatic heterocycles. The summed E-state index contributed by atoms with van der Waals surface area (Å²) in [5.74, 6) is 0. The molecule has 0 saturated carbocycles. The summed E-state index contributed by atoms with van der Waals surface area (Å²) < 4.78 is 0. The van der Waals surface area contributed by atoms with Crippen LogP contribution in [-0.2, 0) is 16.2 Å². The highest BCUT2D eigenvalue weighted by molar-refractivity contribution is 5.57. The van der Waals surface area contributed by atoms with E-state index in [1.54, 1.807) is 0 Å². The van der Waals surface area contributed by atoms with Gasteiger partial charge < -0.3 is 4.79 Å². The van der Waals surface area contributed by atoms with Crippen LogP contribution in [0.1, 0.15) is 25.8 Å². The van der Waals surface area contributed by atoms with Gasteiger partial charge in [-0.1, -0.05) is 44.2 Å². The maximum Gasteiger partial charge on any atom is 0.137 e. The first-order valence-corrected chi connectivity index (χ1v) is 6.39. The number of hydroxylamine groups is 1. The quantitative estimate of drug-likeness (QED) is 0.315. The Kier molecular flexibility index (Phi) is 7.25. The van der Waals surface area contributed by atoms with Gasteiger partial charge in [-0.2, -0.15) is 5.48 Å². The average molecular weight is 250 g/mol. The first-order chi connectivity index (χ1) is 8.81. The van der Waals surface area contributed by atoms with Crippen molar-refractivity contribution in [1.82, 2.24) is 10.4 Å². The maximum absolute atomic E-state index is 10.9. The molecule has 0 aliphatic carbocycles. The zero-order valence-corrected chi connectivity index (χ0v) is 11.1. The van der Waals surface area contributed by atoms with E-state index in [0.717, 1.165) is 24.8 Å². The first kappa shape index (κ1) is 14.8. The molecule has 1 aromatic carbocycles. The second-order valence-corrected chi connectivity index (χ2v) is 4.09. The Labute approximate surface area is 109 Å². The van der Waals surface area contributed by atoms with Crippen molar-refractivity contribution in [3.63, 3.8) is 0 Å². The van der Waals surface area contributed by atoms with Crippen LogP contribution in [0.4, 0.5) is 0 Å². The number of likely N-dealkylation sites (N-methyl/N-ethyl adjacent to an activating group) is 1. The van der Waals surface area contributed by atoms with E-state index in [2.05, 4.69) is 5.48 Å². The number of hydrogen-bond donors (Lipinski definition) is 1. The molecule has 4 heteroatoms. The Morgan fingerprint density at radius 3 is 2.61 bits per heavy atom. The van der Waals surface area contributed by atoms with Crippen molar-refractivity contribution < 1.29 is 9.63 Å². The molecule has 1 unspecified atom stereocenters. The SMILES string of the molecule is CCC(C=O)N(CC)CNOCc1ccccc1. The number of rotatable bonds is 9. The minimum atomic E-state index is -0.0391. The second kappa shape index (κ2) is 8.80. The van der Waals surface area contributed by atoms with Crippen molar-refractivity contribution in [3.8, 4) is 0 Å². The molecule has 0 saturated heterocycles. The van der Waals surface area contributed by atoms with Gasteiger partial charge in [0.2, 0.25) is 0 Å². The smallest absolute Gasteiger partial charge is 0.137 e. The molecule has 1 aromatic rings. The second-order valence-electron chi connectivity index (χ2n) is 4.09. The molecule has 0 aromatic heterocycles. The van der Waals surface area contributed by atoms with Crippen molar-refractivity contribution in [2.24, 2.45) is 0 Å². The van der Waals surface area contributed by atoms with Crippen LogP contribution in [0, 0.1) is 0 Å². The molecule has 0 spiro atoms. The number of carbonyl (C=O) groups excluding carboxylic acids is 1. The van der Waals surface area contributed by atoms with E-state index in [1.165, 1.54) is 0 Å². The number of nitrogens with one attached hydrogen (secondary N) is 1. The largest absolute Gasteiger partial charge is 0.302 e. The Hall–Kier alpha value is -1.23. The van der Waals surface area contributed by atoms with Crippen LogP contribution in [0.3, 0.4) is 0 Å². The summed E-state index contributed by atoms with van der Waals surface area (Å²) in [5, 5.41) is 0. The average Bonchev–Trinajstić information content (AvgIpc) is 2.43. The predicted molar refractivity (Wildman–Crippen MR) is 71.8 cm³/mol. The Balaban J connectivity index is 2.25. The lowest BCUT2D eigenvalue weighted by atomic mass is 10.2. The van der Waals surface area contributed by atoms with Crippen molar-refractivity contribution in [2.45, 2.75) is 32.9 Å². The van der Waals surface area contributed by atoms with Gasteiger partial charge in [0.25, 0.3) is 0 Å². The normalized spacial score (nSPS) is 12.6. The monoisotopic (exact) mass is 250 g/mol. The summed E-state index contributed by atoms with van der Waals surface area (Å²) in [6.45, 7) is 5.94. The van der Waals surface area contributed by atoms with Crippen molar-refractivity contribution in [3.05, 3.63) is 35.9 Å². The minimum absolute atomic E-state index is 0.0391. The summed E-state index contributed by atoms with van der Waals surface area (Å²) >= 11 is 0. The van der Waals surface area contributed by atoms with Crippen molar-refractivity contribution >= 4 is 6.29 Å². The van der Waals surface area contributed by atoms with Gasteiger partial charge >= 0.3 is 0 Å². The minimum Gasteiger partial charge on any atom is -0.302 e. The van der Waals surface area contributed by atoms with Gasteiger partial charge in [0.1, 0.15) is 6.29 Å². The lowest BCUT2D eigenvalue weighted by Gasteiger charge is -2.25. The molecule has 4 nitrogen and oxygen atoms in total. The van der Waals surface area contributed by atoms with Gasteiger partial charge in [0, 0.05) is 0 Å². The van der Waals surface area contributed by atoms with Crippen LogP contribution < -0.4 is 5.48 Å². The topological polar surface area (TPSA) is 41.6 Å². The van der Waals surface area contributed by atoms with Crippen molar-refractivity contribution in [2.75, 3.05) is 13.2 Å². The van der Waals surface area contributed by atoms with Gasteiger partial charge in [-0.25, -0.2) is 0 Å². The molecule has 0 amide bonds. The van der Waals surface area contributed by atoms with Gasteiger partial charge in [-0.05, 0) is 18.5 Å². The summed E-state index contributed by atoms with van der Waals surface area (Å²) in [6, 6.07) is 9.93. The molecule has 18 heavy (non-hydrogen) atoms. The molecule has 0 bridgehead atoms. The fraction of sp³-hybridized carbons (Fsp3) is 0.500. The molecule has 0 radical (unpaired) electrons. The number of benzene rings is 1. The fourth-order valence-corrected chi connectivity index (χ4v) is 1.74. The van der Waals surface area contributed by atoms with E-state index in [1.807, 2.05) is 49.1 Å².